The van der Waals surface area contributed by atoms with Crippen LogP contribution in [0.1, 0.15) is 22.3 Å². The molecule has 0 aliphatic carbocycles. The average molecular weight is 473 g/mol. The van der Waals surface area contributed by atoms with E-state index in [1.54, 1.807) is 0 Å². The maximum absolute atomic E-state index is 8.54. The summed E-state index contributed by atoms with van der Waals surface area (Å²) < 4.78 is 0. The zero-order valence-electron chi connectivity index (χ0n) is 17.3. The summed E-state index contributed by atoms with van der Waals surface area (Å²) in [5, 5.41) is 8.54. The van der Waals surface area contributed by atoms with E-state index in [2.05, 4.69) is 20.8 Å². The second-order valence-corrected chi connectivity index (χ2v) is 6.10. The van der Waals surface area contributed by atoms with E-state index in [-0.39, 0.29) is 32.8 Å². The Balaban J connectivity index is 0.000000370. The predicted octanol–water partition coefficient (Wildman–Crippen LogP) is 6.78. The summed E-state index contributed by atoms with van der Waals surface area (Å²) in [7, 11) is 0. The fourth-order valence-corrected chi connectivity index (χ4v) is 2.02. The predicted molar refractivity (Wildman–Crippen MR) is 125 cm³/mol. The molecule has 0 saturated carbocycles. The van der Waals surface area contributed by atoms with Gasteiger partial charge in [-0.1, -0.05) is 48.5 Å². The van der Waals surface area contributed by atoms with Crippen LogP contribution in [-0.2, 0) is 32.8 Å². The molecule has 4 rings (SSSR count). The van der Waals surface area contributed by atoms with Crippen LogP contribution >= 0.6 is 0 Å². The molecular weight excluding hydrogens is 444 g/mol. The third-order valence-corrected chi connectivity index (χ3v) is 3.55. The van der Waals surface area contributed by atoms with Crippen LogP contribution in [0, 0.1) is 20.8 Å². The van der Waals surface area contributed by atoms with Crippen LogP contribution in [0.2, 0.25) is 0 Å². The van der Waals surface area contributed by atoms with Gasteiger partial charge in [0.25, 0.3) is 0 Å². The van der Waals surface area contributed by atoms with Gasteiger partial charge in [0.05, 0.1) is 6.61 Å². The molecule has 0 saturated heterocycles. The molecule has 4 aromatic rings. The van der Waals surface area contributed by atoms with Crippen LogP contribution in [0.5, 0.6) is 0 Å². The van der Waals surface area contributed by atoms with Crippen LogP contribution in [-0.4, -0.2) is 5.11 Å². The zero-order chi connectivity index (χ0) is 21.2. The van der Waals surface area contributed by atoms with Crippen molar-refractivity contribution in [2.24, 2.45) is 0 Å². The molecule has 0 amide bonds. The standard InChI is InChI=1S/C7H8O.3C7H7.Zr/c8-6-7-4-2-1-3-5-7;3*1-7-5-3-2-4-6-7;/h1-5,8H,6H2;3*2-6H,1H2;/q;3*-1;+3. The molecule has 0 spiro atoms. The van der Waals surface area contributed by atoms with Crippen LogP contribution in [0.15, 0.2) is 121 Å². The fraction of sp³-hybridized carbons (Fsp3) is 0.0357. The first kappa shape index (κ1) is 27.3. The van der Waals surface area contributed by atoms with Gasteiger partial charge in [-0.25, -0.2) is 0 Å². The van der Waals surface area contributed by atoms with Gasteiger partial charge in [-0.3, -0.25) is 0 Å². The van der Waals surface area contributed by atoms with Gasteiger partial charge in [0.15, 0.2) is 0 Å². The molecule has 1 N–H and O–H groups in total. The molecule has 0 bridgehead atoms. The molecule has 0 aromatic heterocycles. The van der Waals surface area contributed by atoms with E-state index in [1.807, 2.05) is 121 Å². The number of aliphatic hydroxyl groups is 1. The molecule has 151 valence electrons. The van der Waals surface area contributed by atoms with Crippen molar-refractivity contribution in [2.75, 3.05) is 0 Å². The Kier molecular flexibility index (Phi) is 16.7. The Morgan fingerprint density at radius 3 is 0.800 bits per heavy atom. The number of hydrogen-bond donors (Lipinski definition) is 1. The minimum absolute atomic E-state index is 0. The van der Waals surface area contributed by atoms with Gasteiger partial charge >= 0.3 is 26.2 Å². The topological polar surface area (TPSA) is 20.2 Å². The van der Waals surface area contributed by atoms with Crippen LogP contribution < -0.4 is 0 Å². The van der Waals surface area contributed by atoms with E-state index in [4.69, 9.17) is 5.11 Å². The number of rotatable bonds is 1. The van der Waals surface area contributed by atoms with Crippen molar-refractivity contribution in [1.29, 1.82) is 0 Å². The van der Waals surface area contributed by atoms with Crippen molar-refractivity contribution in [3.05, 3.63) is 164 Å². The molecule has 0 unspecified atom stereocenters. The molecule has 0 aliphatic heterocycles. The van der Waals surface area contributed by atoms with Crippen molar-refractivity contribution in [3.63, 3.8) is 0 Å². The van der Waals surface area contributed by atoms with E-state index < -0.39 is 0 Å². The molecule has 30 heavy (non-hydrogen) atoms. The number of aliphatic hydroxyl groups excluding tert-OH is 1. The van der Waals surface area contributed by atoms with E-state index in [9.17, 15) is 0 Å². The smallest absolute Gasteiger partial charge is 0.392 e. The van der Waals surface area contributed by atoms with Gasteiger partial charge in [0.1, 0.15) is 0 Å². The molecule has 0 fully saturated rings. The Hall–Kier alpha value is -2.67. The maximum Gasteiger partial charge on any atom is 3.00 e. The maximum atomic E-state index is 8.54. The quantitative estimate of drug-likeness (QED) is 0.303. The van der Waals surface area contributed by atoms with Crippen LogP contribution in [0.4, 0.5) is 0 Å². The summed E-state index contributed by atoms with van der Waals surface area (Å²) in [6.07, 6.45) is 0. The van der Waals surface area contributed by atoms with Gasteiger partial charge < -0.3 is 5.11 Å². The Labute approximate surface area is 201 Å². The van der Waals surface area contributed by atoms with E-state index in [0.29, 0.717) is 0 Å². The van der Waals surface area contributed by atoms with Gasteiger partial charge in [0.2, 0.25) is 0 Å². The first-order valence-electron chi connectivity index (χ1n) is 9.37. The van der Waals surface area contributed by atoms with Crippen molar-refractivity contribution in [3.8, 4) is 0 Å². The summed E-state index contributed by atoms with van der Waals surface area (Å²) in [4.78, 5) is 0. The summed E-state index contributed by atoms with van der Waals surface area (Å²) in [5.41, 5.74) is 4.18. The number of benzene rings is 4. The average Bonchev–Trinajstić information content (AvgIpc) is 2.77. The van der Waals surface area contributed by atoms with Gasteiger partial charge in [-0.2, -0.15) is 73.9 Å². The summed E-state index contributed by atoms with van der Waals surface area (Å²) in [6, 6.07) is 39.1. The van der Waals surface area contributed by atoms with E-state index in [0.717, 1.165) is 22.3 Å². The van der Waals surface area contributed by atoms with Crippen molar-refractivity contribution >= 4 is 0 Å². The third kappa shape index (κ3) is 15.3. The molecule has 1 radical (unpaired) electrons. The summed E-state index contributed by atoms with van der Waals surface area (Å²) in [6.45, 7) is 11.3. The van der Waals surface area contributed by atoms with Crippen molar-refractivity contribution in [1.82, 2.24) is 0 Å². The first-order chi connectivity index (χ1) is 14.1. The molecule has 0 aliphatic rings. The molecule has 4 aromatic carbocycles. The van der Waals surface area contributed by atoms with Crippen molar-refractivity contribution in [2.45, 2.75) is 6.61 Å². The Bertz CT molecular complexity index is 759. The zero-order valence-corrected chi connectivity index (χ0v) is 19.8. The second-order valence-electron chi connectivity index (χ2n) is 6.10. The van der Waals surface area contributed by atoms with Crippen LogP contribution in [0.3, 0.4) is 0 Å². The van der Waals surface area contributed by atoms with Crippen molar-refractivity contribution < 1.29 is 31.3 Å². The van der Waals surface area contributed by atoms with Crippen LogP contribution in [0.25, 0.3) is 0 Å². The molecule has 0 heterocycles. The third-order valence-electron chi connectivity index (χ3n) is 3.55. The fourth-order valence-electron chi connectivity index (χ4n) is 2.02. The van der Waals surface area contributed by atoms with Gasteiger partial charge in [0, 0.05) is 0 Å². The molecular formula is C28H29OZr. The second kappa shape index (κ2) is 18.4. The van der Waals surface area contributed by atoms with E-state index >= 15 is 0 Å². The molecule has 0 atom stereocenters. The first-order valence-corrected chi connectivity index (χ1v) is 9.37. The SMILES string of the molecule is OCc1ccccc1.[CH2-]c1ccccc1.[CH2-]c1ccccc1.[CH2-]c1ccccc1.[Zr+3]. The van der Waals surface area contributed by atoms with Gasteiger partial charge in [-0.15, -0.1) is 36.4 Å². The normalized spacial score (nSPS) is 8.43. The number of hydrogen-bond acceptors (Lipinski definition) is 1. The van der Waals surface area contributed by atoms with Gasteiger partial charge in [-0.05, 0) is 5.56 Å². The molecule has 2 heteroatoms. The Morgan fingerprint density at radius 2 is 0.667 bits per heavy atom. The largest absolute Gasteiger partial charge is 3.00 e. The minimum Gasteiger partial charge on any atom is -0.392 e. The minimum atomic E-state index is 0. The summed E-state index contributed by atoms with van der Waals surface area (Å²) in [5.74, 6) is 0. The Morgan fingerprint density at radius 1 is 0.433 bits per heavy atom. The molecule has 1 nitrogen and oxygen atoms in total. The summed E-state index contributed by atoms with van der Waals surface area (Å²) >= 11 is 0. The monoisotopic (exact) mass is 471 g/mol. The van der Waals surface area contributed by atoms with E-state index in [1.165, 1.54) is 0 Å².